The molecule has 4 heteroatoms. The molecule has 0 saturated heterocycles. The van der Waals surface area contributed by atoms with Crippen molar-refractivity contribution >= 4 is 17.3 Å². The number of rotatable bonds is 9. The summed E-state index contributed by atoms with van der Waals surface area (Å²) >= 11 is 0. The maximum Gasteiger partial charge on any atom is 0.154 e. The quantitative estimate of drug-likeness (QED) is 0.634. The normalized spacial score (nSPS) is 23.1. The van der Waals surface area contributed by atoms with E-state index < -0.39 is 5.41 Å². The van der Waals surface area contributed by atoms with E-state index in [4.69, 9.17) is 4.74 Å². The molecule has 0 bridgehead atoms. The van der Waals surface area contributed by atoms with Crippen molar-refractivity contribution < 1.29 is 19.1 Å². The number of carbonyl (C=O) groups excluding carboxylic acids is 3. The van der Waals surface area contributed by atoms with Crippen LogP contribution in [0, 0.1) is 5.92 Å². The minimum atomic E-state index is -1.08. The number of carbonyl (C=O) groups is 3. The van der Waals surface area contributed by atoms with Gasteiger partial charge in [-0.05, 0) is 37.0 Å². The SMILES string of the molecule is CCCCC(=O)CCC1CC(=O)C(CC)(c2cccc(OC)c2)C1=O. The molecule has 4 nitrogen and oxygen atoms in total. The van der Waals surface area contributed by atoms with Gasteiger partial charge < -0.3 is 4.74 Å². The zero-order chi connectivity index (χ0) is 18.4. The summed E-state index contributed by atoms with van der Waals surface area (Å²) in [6.07, 6.45) is 4.00. The highest BCUT2D eigenvalue weighted by Gasteiger charge is 2.54. The Labute approximate surface area is 149 Å². The van der Waals surface area contributed by atoms with Crippen LogP contribution in [0.2, 0.25) is 0 Å². The maximum atomic E-state index is 13.1. The van der Waals surface area contributed by atoms with Gasteiger partial charge in [-0.15, -0.1) is 0 Å². The predicted molar refractivity (Wildman–Crippen MR) is 96.9 cm³/mol. The lowest BCUT2D eigenvalue weighted by molar-refractivity contribution is -0.130. The van der Waals surface area contributed by atoms with Crippen molar-refractivity contribution in [2.45, 2.75) is 64.2 Å². The molecule has 0 radical (unpaired) electrons. The molecule has 0 amide bonds. The van der Waals surface area contributed by atoms with Crippen LogP contribution in [-0.2, 0) is 19.8 Å². The molecule has 1 aliphatic carbocycles. The first-order chi connectivity index (χ1) is 12.0. The molecule has 136 valence electrons. The molecular formula is C21H28O4. The second-order valence-electron chi connectivity index (χ2n) is 6.86. The highest BCUT2D eigenvalue weighted by Crippen LogP contribution is 2.43. The number of Topliss-reactive ketones (excluding diaryl/α,β-unsaturated/α-hetero) is 3. The minimum absolute atomic E-state index is 0.0285. The maximum absolute atomic E-state index is 13.1. The topological polar surface area (TPSA) is 60.4 Å². The number of hydrogen-bond acceptors (Lipinski definition) is 4. The Kier molecular flexibility index (Phi) is 6.51. The first kappa shape index (κ1) is 19.4. The van der Waals surface area contributed by atoms with E-state index in [1.807, 2.05) is 19.1 Å². The number of hydrogen-bond donors (Lipinski definition) is 0. The Bertz CT molecular complexity index is 649. The molecule has 1 aliphatic rings. The summed E-state index contributed by atoms with van der Waals surface area (Å²) in [7, 11) is 1.57. The Hall–Kier alpha value is -1.97. The third-order valence-corrected chi connectivity index (χ3v) is 5.37. The van der Waals surface area contributed by atoms with Crippen LogP contribution in [0.5, 0.6) is 5.75 Å². The zero-order valence-electron chi connectivity index (χ0n) is 15.5. The molecule has 25 heavy (non-hydrogen) atoms. The lowest BCUT2D eigenvalue weighted by atomic mass is 9.74. The van der Waals surface area contributed by atoms with Gasteiger partial charge in [-0.3, -0.25) is 14.4 Å². The van der Waals surface area contributed by atoms with Crippen molar-refractivity contribution in [3.63, 3.8) is 0 Å². The smallest absolute Gasteiger partial charge is 0.154 e. The van der Waals surface area contributed by atoms with E-state index in [2.05, 4.69) is 6.92 Å². The highest BCUT2D eigenvalue weighted by atomic mass is 16.5. The summed E-state index contributed by atoms with van der Waals surface area (Å²) in [6.45, 7) is 3.93. The van der Waals surface area contributed by atoms with Crippen molar-refractivity contribution in [1.82, 2.24) is 0 Å². The van der Waals surface area contributed by atoms with Crippen LogP contribution in [0.4, 0.5) is 0 Å². The van der Waals surface area contributed by atoms with E-state index in [9.17, 15) is 14.4 Å². The van der Waals surface area contributed by atoms with Crippen molar-refractivity contribution in [3.05, 3.63) is 29.8 Å². The summed E-state index contributed by atoms with van der Waals surface area (Å²) < 4.78 is 5.25. The zero-order valence-corrected chi connectivity index (χ0v) is 15.5. The van der Waals surface area contributed by atoms with Crippen LogP contribution >= 0.6 is 0 Å². The fourth-order valence-electron chi connectivity index (χ4n) is 3.81. The lowest BCUT2D eigenvalue weighted by Gasteiger charge is -2.26. The lowest BCUT2D eigenvalue weighted by Crippen LogP contribution is -2.38. The van der Waals surface area contributed by atoms with E-state index >= 15 is 0 Å². The Balaban J connectivity index is 2.18. The summed E-state index contributed by atoms with van der Waals surface area (Å²) in [4.78, 5) is 37.9. The monoisotopic (exact) mass is 344 g/mol. The average molecular weight is 344 g/mol. The van der Waals surface area contributed by atoms with E-state index in [0.717, 1.165) is 12.8 Å². The van der Waals surface area contributed by atoms with Gasteiger partial charge in [0.25, 0.3) is 0 Å². The highest BCUT2D eigenvalue weighted by molar-refractivity contribution is 6.19. The van der Waals surface area contributed by atoms with Crippen molar-refractivity contribution in [1.29, 1.82) is 0 Å². The van der Waals surface area contributed by atoms with Gasteiger partial charge >= 0.3 is 0 Å². The molecule has 0 N–H and O–H groups in total. The number of benzene rings is 1. The van der Waals surface area contributed by atoms with E-state index in [0.29, 0.717) is 37.0 Å². The van der Waals surface area contributed by atoms with Crippen LogP contribution in [-0.4, -0.2) is 24.5 Å². The molecule has 0 heterocycles. The van der Waals surface area contributed by atoms with Gasteiger partial charge in [0.15, 0.2) is 11.6 Å². The number of ether oxygens (including phenoxy) is 1. The Morgan fingerprint density at radius 3 is 2.64 bits per heavy atom. The summed E-state index contributed by atoms with van der Waals surface area (Å²) in [5.74, 6) is 0.432. The van der Waals surface area contributed by atoms with Gasteiger partial charge in [-0.1, -0.05) is 32.4 Å². The van der Waals surface area contributed by atoms with Crippen LogP contribution in [0.3, 0.4) is 0 Å². The average Bonchev–Trinajstić information content (AvgIpc) is 2.88. The van der Waals surface area contributed by atoms with Crippen LogP contribution < -0.4 is 4.74 Å². The van der Waals surface area contributed by atoms with Gasteiger partial charge in [0.05, 0.1) is 7.11 Å². The number of ketones is 3. The molecule has 2 unspecified atom stereocenters. The molecule has 1 aromatic rings. The summed E-state index contributed by atoms with van der Waals surface area (Å²) in [5, 5.41) is 0. The van der Waals surface area contributed by atoms with Gasteiger partial charge in [-0.2, -0.15) is 0 Å². The Morgan fingerprint density at radius 2 is 2.00 bits per heavy atom. The van der Waals surface area contributed by atoms with Crippen LogP contribution in [0.15, 0.2) is 24.3 Å². The summed E-state index contributed by atoms with van der Waals surface area (Å²) in [6, 6.07) is 7.24. The summed E-state index contributed by atoms with van der Waals surface area (Å²) in [5.41, 5.74) is -0.366. The third kappa shape index (κ3) is 3.83. The number of unbranched alkanes of at least 4 members (excludes halogenated alkanes) is 1. The molecule has 2 atom stereocenters. The van der Waals surface area contributed by atoms with Gasteiger partial charge in [0.2, 0.25) is 0 Å². The van der Waals surface area contributed by atoms with Crippen LogP contribution in [0.25, 0.3) is 0 Å². The molecule has 0 spiro atoms. The van der Waals surface area contributed by atoms with Crippen molar-refractivity contribution in [3.8, 4) is 5.75 Å². The fourth-order valence-corrected chi connectivity index (χ4v) is 3.81. The van der Waals surface area contributed by atoms with E-state index in [1.54, 1.807) is 19.2 Å². The second-order valence-corrected chi connectivity index (χ2v) is 6.86. The van der Waals surface area contributed by atoms with E-state index in [1.165, 1.54) is 0 Å². The molecule has 0 aliphatic heterocycles. The van der Waals surface area contributed by atoms with Gasteiger partial charge in [0, 0.05) is 25.2 Å². The van der Waals surface area contributed by atoms with Crippen molar-refractivity contribution in [2.24, 2.45) is 5.92 Å². The predicted octanol–water partition coefficient (Wildman–Crippen LogP) is 4.04. The molecule has 1 fully saturated rings. The second kappa shape index (κ2) is 8.41. The fraction of sp³-hybridized carbons (Fsp3) is 0.571. The molecule has 1 aromatic carbocycles. The van der Waals surface area contributed by atoms with Crippen molar-refractivity contribution in [2.75, 3.05) is 7.11 Å². The first-order valence-electron chi connectivity index (χ1n) is 9.23. The molecule has 2 rings (SSSR count). The molecular weight excluding hydrogens is 316 g/mol. The largest absolute Gasteiger partial charge is 0.497 e. The standard InChI is InChI=1S/C21H28O4/c1-4-6-9-17(22)12-11-15-13-19(23)21(5-2,20(15)24)16-8-7-10-18(14-16)25-3/h7-8,10,14-15H,4-6,9,11-13H2,1-3H3. The number of methoxy groups -OCH3 is 1. The van der Waals surface area contributed by atoms with Gasteiger partial charge in [0.1, 0.15) is 16.9 Å². The Morgan fingerprint density at radius 1 is 1.24 bits per heavy atom. The third-order valence-electron chi connectivity index (χ3n) is 5.37. The molecule has 1 saturated carbocycles. The van der Waals surface area contributed by atoms with Crippen LogP contribution in [0.1, 0.15) is 64.4 Å². The van der Waals surface area contributed by atoms with Gasteiger partial charge in [-0.25, -0.2) is 0 Å². The first-order valence-corrected chi connectivity index (χ1v) is 9.23. The minimum Gasteiger partial charge on any atom is -0.497 e. The molecule has 0 aromatic heterocycles. The van der Waals surface area contributed by atoms with E-state index in [-0.39, 0.29) is 29.7 Å².